The Bertz CT molecular complexity index is 893. The molecular formula is C20H23NO4S. The smallest absolute Gasteiger partial charge is 0.315 e. The topological polar surface area (TPSA) is 86.5 Å². The Morgan fingerprint density at radius 3 is 2.27 bits per heavy atom. The third kappa shape index (κ3) is 2.83. The molecule has 138 valence electrons. The van der Waals surface area contributed by atoms with E-state index in [0.717, 1.165) is 11.1 Å². The first-order chi connectivity index (χ1) is 12.4. The van der Waals surface area contributed by atoms with Crippen LogP contribution in [0, 0.1) is 12.3 Å². The highest BCUT2D eigenvalue weighted by Crippen LogP contribution is 2.64. The summed E-state index contributed by atoms with van der Waals surface area (Å²) in [5.41, 5.74) is 6.56. The summed E-state index contributed by atoms with van der Waals surface area (Å²) < 4.78 is 31.7. The van der Waals surface area contributed by atoms with Gasteiger partial charge >= 0.3 is 5.97 Å². The molecule has 1 aliphatic rings. The number of carbonyl (C=O) groups excluding carboxylic acids is 1. The number of hydrogen-bond acceptors (Lipinski definition) is 5. The molecule has 0 unspecified atom stereocenters. The molecule has 1 fully saturated rings. The number of ether oxygens (including phenoxy) is 1. The minimum Gasteiger partial charge on any atom is -0.465 e. The van der Waals surface area contributed by atoms with Gasteiger partial charge in [0.25, 0.3) is 0 Å². The number of nitrogens with two attached hydrogens (primary N) is 1. The molecule has 2 aromatic rings. The lowest BCUT2D eigenvalue weighted by Crippen LogP contribution is -2.33. The van der Waals surface area contributed by atoms with Gasteiger partial charge in [-0.1, -0.05) is 48.0 Å². The van der Waals surface area contributed by atoms with Crippen LogP contribution < -0.4 is 5.73 Å². The van der Waals surface area contributed by atoms with E-state index >= 15 is 0 Å². The molecule has 0 amide bonds. The van der Waals surface area contributed by atoms with Gasteiger partial charge in [-0.25, -0.2) is 8.42 Å². The molecule has 5 nitrogen and oxygen atoms in total. The van der Waals surface area contributed by atoms with Crippen molar-refractivity contribution in [2.45, 2.75) is 29.9 Å². The Labute approximate surface area is 154 Å². The summed E-state index contributed by atoms with van der Waals surface area (Å²) in [5, 5.41) is -0.927. The second-order valence-electron chi connectivity index (χ2n) is 6.63. The van der Waals surface area contributed by atoms with Gasteiger partial charge in [0.15, 0.2) is 9.84 Å². The molecule has 6 heteroatoms. The van der Waals surface area contributed by atoms with Gasteiger partial charge in [0.2, 0.25) is 0 Å². The molecule has 0 bridgehead atoms. The standard InChI is InChI=1S/C20H23NO4S/c1-3-25-19(22)20(13-21)17(15-11-9-14(2)10-12-15)18(20)26(23,24)16-7-5-4-6-8-16/h4-12,17-18H,3,13,21H2,1-2H3/t17-,18+,20+/m0/s1. The first-order valence-corrected chi connectivity index (χ1v) is 10.2. The average molecular weight is 373 g/mol. The first kappa shape index (κ1) is 18.6. The van der Waals surface area contributed by atoms with Gasteiger partial charge in [0.05, 0.1) is 16.8 Å². The van der Waals surface area contributed by atoms with Gasteiger partial charge in [-0.2, -0.15) is 0 Å². The predicted octanol–water partition coefficient (Wildman–Crippen LogP) is 2.44. The van der Waals surface area contributed by atoms with E-state index < -0.39 is 32.4 Å². The van der Waals surface area contributed by atoms with Crippen molar-refractivity contribution in [3.05, 3.63) is 65.7 Å². The van der Waals surface area contributed by atoms with Crippen LogP contribution in [0.1, 0.15) is 24.0 Å². The molecule has 0 saturated heterocycles. The maximum atomic E-state index is 13.3. The van der Waals surface area contributed by atoms with Crippen molar-refractivity contribution in [1.29, 1.82) is 0 Å². The molecule has 0 spiro atoms. The lowest BCUT2D eigenvalue weighted by atomic mass is 9.98. The molecule has 2 aromatic carbocycles. The van der Waals surface area contributed by atoms with Gasteiger partial charge in [-0.15, -0.1) is 0 Å². The fourth-order valence-corrected chi connectivity index (χ4v) is 6.10. The van der Waals surface area contributed by atoms with Crippen LogP contribution in [0.5, 0.6) is 0 Å². The summed E-state index contributed by atoms with van der Waals surface area (Å²) in [6.07, 6.45) is 0. The summed E-state index contributed by atoms with van der Waals surface area (Å²) in [4.78, 5) is 12.9. The number of carbonyl (C=O) groups is 1. The largest absolute Gasteiger partial charge is 0.465 e. The van der Waals surface area contributed by atoms with Crippen LogP contribution in [0.25, 0.3) is 0 Å². The van der Waals surface area contributed by atoms with E-state index in [1.165, 1.54) is 0 Å². The second kappa shape index (κ2) is 6.85. The van der Waals surface area contributed by atoms with Crippen molar-refractivity contribution < 1.29 is 17.9 Å². The lowest BCUT2D eigenvalue weighted by molar-refractivity contribution is -0.149. The molecule has 1 saturated carbocycles. The molecule has 0 radical (unpaired) electrons. The van der Waals surface area contributed by atoms with Crippen molar-refractivity contribution in [2.24, 2.45) is 11.1 Å². The highest BCUT2D eigenvalue weighted by atomic mass is 32.2. The maximum absolute atomic E-state index is 13.3. The SMILES string of the molecule is CCOC(=O)[C@@]1(CN)[C@H](S(=O)(=O)c2ccccc2)[C@@H]1c1ccc(C)cc1. The minimum absolute atomic E-state index is 0.0822. The van der Waals surface area contributed by atoms with Gasteiger partial charge < -0.3 is 10.5 Å². The van der Waals surface area contributed by atoms with Gasteiger partial charge in [0, 0.05) is 12.5 Å². The molecule has 0 aliphatic heterocycles. The van der Waals surface area contributed by atoms with E-state index in [9.17, 15) is 13.2 Å². The quantitative estimate of drug-likeness (QED) is 0.786. The summed E-state index contributed by atoms with van der Waals surface area (Å²) in [6.45, 7) is 3.75. The highest BCUT2D eigenvalue weighted by molar-refractivity contribution is 7.92. The van der Waals surface area contributed by atoms with Crippen LogP contribution in [0.15, 0.2) is 59.5 Å². The normalized spacial score (nSPS) is 24.9. The third-order valence-electron chi connectivity index (χ3n) is 5.09. The molecular weight excluding hydrogens is 350 g/mol. The Morgan fingerprint density at radius 2 is 1.73 bits per heavy atom. The second-order valence-corrected chi connectivity index (χ2v) is 8.70. The van der Waals surface area contributed by atoms with Crippen molar-refractivity contribution >= 4 is 15.8 Å². The fraction of sp³-hybridized carbons (Fsp3) is 0.350. The van der Waals surface area contributed by atoms with Crippen LogP contribution in [0.4, 0.5) is 0 Å². The molecule has 26 heavy (non-hydrogen) atoms. The first-order valence-electron chi connectivity index (χ1n) is 8.62. The molecule has 0 heterocycles. The Kier molecular flexibility index (Phi) is 4.90. The van der Waals surface area contributed by atoms with Crippen LogP contribution >= 0.6 is 0 Å². The maximum Gasteiger partial charge on any atom is 0.315 e. The molecule has 0 aromatic heterocycles. The number of rotatable bonds is 6. The van der Waals surface area contributed by atoms with Crippen molar-refractivity contribution in [3.63, 3.8) is 0 Å². The molecule has 3 rings (SSSR count). The molecule has 1 aliphatic carbocycles. The third-order valence-corrected chi connectivity index (χ3v) is 7.38. The summed E-state index contributed by atoms with van der Waals surface area (Å²) in [5.74, 6) is -1.06. The van der Waals surface area contributed by atoms with Crippen LogP contribution in [0.2, 0.25) is 0 Å². The summed E-state index contributed by atoms with van der Waals surface area (Å²) in [7, 11) is -3.74. The molecule has 3 atom stereocenters. The Hall–Kier alpha value is -2.18. The lowest BCUT2D eigenvalue weighted by Gasteiger charge is -2.14. The number of benzene rings is 2. The van der Waals surface area contributed by atoms with E-state index in [1.807, 2.05) is 31.2 Å². The zero-order chi connectivity index (χ0) is 18.9. The van der Waals surface area contributed by atoms with Crippen LogP contribution in [0.3, 0.4) is 0 Å². The number of hydrogen-bond donors (Lipinski definition) is 1. The predicted molar refractivity (Wildman–Crippen MR) is 99.5 cm³/mol. The highest BCUT2D eigenvalue weighted by Gasteiger charge is 2.75. The van der Waals surface area contributed by atoms with E-state index in [1.54, 1.807) is 37.3 Å². The average Bonchev–Trinajstić information content (AvgIpc) is 3.35. The van der Waals surface area contributed by atoms with Gasteiger partial charge in [-0.05, 0) is 31.5 Å². The van der Waals surface area contributed by atoms with E-state index in [-0.39, 0.29) is 18.0 Å². The zero-order valence-corrected chi connectivity index (χ0v) is 15.7. The number of aryl methyl sites for hydroxylation is 1. The monoisotopic (exact) mass is 373 g/mol. The summed E-state index contributed by atoms with van der Waals surface area (Å²) in [6, 6.07) is 15.7. The Morgan fingerprint density at radius 1 is 1.12 bits per heavy atom. The van der Waals surface area contributed by atoms with Gasteiger partial charge in [0.1, 0.15) is 5.41 Å². The van der Waals surface area contributed by atoms with Gasteiger partial charge in [-0.3, -0.25) is 4.79 Å². The Balaban J connectivity index is 2.11. The van der Waals surface area contributed by atoms with E-state index in [2.05, 4.69) is 0 Å². The van der Waals surface area contributed by atoms with E-state index in [0.29, 0.717) is 0 Å². The fourth-order valence-electron chi connectivity index (χ4n) is 3.70. The van der Waals surface area contributed by atoms with Crippen LogP contribution in [-0.4, -0.2) is 32.8 Å². The molecule has 2 N–H and O–H groups in total. The summed E-state index contributed by atoms with van der Waals surface area (Å²) >= 11 is 0. The van der Waals surface area contributed by atoms with Crippen molar-refractivity contribution in [2.75, 3.05) is 13.2 Å². The number of sulfone groups is 1. The zero-order valence-electron chi connectivity index (χ0n) is 14.9. The number of esters is 1. The van der Waals surface area contributed by atoms with Crippen molar-refractivity contribution in [3.8, 4) is 0 Å². The minimum atomic E-state index is -3.74. The van der Waals surface area contributed by atoms with Crippen molar-refractivity contribution in [1.82, 2.24) is 0 Å². The van der Waals surface area contributed by atoms with E-state index in [4.69, 9.17) is 10.5 Å². The van der Waals surface area contributed by atoms with Crippen LogP contribution in [-0.2, 0) is 19.4 Å².